The highest BCUT2D eigenvalue weighted by Gasteiger charge is 2.41. The second-order valence-electron chi connectivity index (χ2n) is 4.70. The summed E-state index contributed by atoms with van der Waals surface area (Å²) in [4.78, 5) is 0.741. The first-order chi connectivity index (χ1) is 7.99. The van der Waals surface area contributed by atoms with Gasteiger partial charge in [-0.2, -0.15) is 13.2 Å². The molecule has 17 heavy (non-hydrogen) atoms. The molecule has 92 valence electrons. The van der Waals surface area contributed by atoms with E-state index in [4.69, 9.17) is 0 Å². The van der Waals surface area contributed by atoms with Crippen LogP contribution in [0.15, 0.2) is 23.1 Å². The second kappa shape index (κ2) is 3.57. The number of nitrogens with one attached hydrogen (secondary N) is 1. The van der Waals surface area contributed by atoms with Crippen LogP contribution in [-0.4, -0.2) is 11.3 Å². The first-order valence-corrected chi connectivity index (χ1v) is 6.44. The van der Waals surface area contributed by atoms with Gasteiger partial charge in [0.1, 0.15) is 0 Å². The van der Waals surface area contributed by atoms with Gasteiger partial charge in [0, 0.05) is 21.9 Å². The molecule has 1 aromatic carbocycles. The molecule has 1 aliphatic heterocycles. The van der Waals surface area contributed by atoms with Gasteiger partial charge in [0.25, 0.3) is 0 Å². The normalized spacial score (nSPS) is 21.6. The zero-order valence-electron chi connectivity index (χ0n) is 9.10. The second-order valence-corrected chi connectivity index (χ2v) is 6.21. The Kier molecular flexibility index (Phi) is 2.37. The molecule has 1 fully saturated rings. The van der Waals surface area contributed by atoms with Gasteiger partial charge in [0.05, 0.1) is 5.56 Å². The van der Waals surface area contributed by atoms with Gasteiger partial charge in [0.15, 0.2) is 0 Å². The molecule has 1 spiro atoms. The Morgan fingerprint density at radius 2 is 2.00 bits per heavy atom. The number of rotatable bonds is 0. The number of halogens is 3. The molecule has 1 heterocycles. The maximum atomic E-state index is 12.6. The largest absolute Gasteiger partial charge is 0.416 e. The third-order valence-corrected chi connectivity index (χ3v) is 5.04. The highest BCUT2D eigenvalue weighted by atomic mass is 32.2. The van der Waals surface area contributed by atoms with Crippen molar-refractivity contribution in [2.24, 2.45) is 0 Å². The lowest BCUT2D eigenvalue weighted by molar-refractivity contribution is -0.137. The van der Waals surface area contributed by atoms with Gasteiger partial charge >= 0.3 is 6.18 Å². The minimum Gasteiger partial charge on any atom is -0.383 e. The molecule has 2 aliphatic rings. The molecule has 0 aromatic heterocycles. The minimum absolute atomic E-state index is 0.150. The summed E-state index contributed by atoms with van der Waals surface area (Å²) >= 11 is 1.61. The lowest BCUT2D eigenvalue weighted by atomic mass is 9.84. The zero-order valence-corrected chi connectivity index (χ0v) is 9.92. The summed E-state index contributed by atoms with van der Waals surface area (Å²) in [6, 6.07) is 3.95. The van der Waals surface area contributed by atoms with E-state index in [0.717, 1.165) is 36.0 Å². The Morgan fingerprint density at radius 3 is 2.59 bits per heavy atom. The van der Waals surface area contributed by atoms with Crippen LogP contribution < -0.4 is 5.32 Å². The van der Waals surface area contributed by atoms with E-state index in [2.05, 4.69) is 5.32 Å². The SMILES string of the molecule is FC(F)(F)c1ccc2c(c1)SC1(CCC1)CN2. The van der Waals surface area contributed by atoms with Gasteiger partial charge in [-0.05, 0) is 31.0 Å². The molecule has 5 heteroatoms. The smallest absolute Gasteiger partial charge is 0.383 e. The fraction of sp³-hybridized carbons (Fsp3) is 0.500. The van der Waals surface area contributed by atoms with E-state index in [0.29, 0.717) is 0 Å². The van der Waals surface area contributed by atoms with Crippen LogP contribution in [0.1, 0.15) is 24.8 Å². The van der Waals surface area contributed by atoms with Gasteiger partial charge < -0.3 is 5.32 Å². The minimum atomic E-state index is -4.25. The van der Waals surface area contributed by atoms with Crippen molar-refractivity contribution in [1.82, 2.24) is 0 Å². The topological polar surface area (TPSA) is 12.0 Å². The number of anilines is 1. The first-order valence-electron chi connectivity index (χ1n) is 5.63. The fourth-order valence-corrected chi connectivity index (χ4v) is 3.84. The van der Waals surface area contributed by atoms with E-state index in [9.17, 15) is 13.2 Å². The van der Waals surface area contributed by atoms with Crippen LogP contribution in [0.25, 0.3) is 0 Å². The molecule has 0 amide bonds. The van der Waals surface area contributed by atoms with Crippen molar-refractivity contribution in [2.75, 3.05) is 11.9 Å². The Labute approximate surface area is 102 Å². The zero-order chi connectivity index (χ0) is 12.1. The van der Waals surface area contributed by atoms with Crippen molar-refractivity contribution in [3.8, 4) is 0 Å². The molecule has 0 atom stereocenters. The van der Waals surface area contributed by atoms with Crippen LogP contribution >= 0.6 is 11.8 Å². The Hall–Kier alpha value is -0.840. The predicted octanol–water partition coefficient (Wildman–Crippen LogP) is 4.15. The maximum absolute atomic E-state index is 12.6. The summed E-state index contributed by atoms with van der Waals surface area (Å²) in [7, 11) is 0. The summed E-state index contributed by atoms with van der Waals surface area (Å²) in [6.07, 6.45) is -0.872. The highest BCUT2D eigenvalue weighted by Crippen LogP contribution is 2.52. The lowest BCUT2D eigenvalue weighted by Crippen LogP contribution is -2.42. The standard InChI is InChI=1S/C12H12F3NS/c13-12(14,15)8-2-3-9-10(6-8)17-11(7-16-9)4-1-5-11/h2-3,6,16H,1,4-5,7H2. The average Bonchev–Trinajstić information content (AvgIpc) is 2.24. The first kappa shape index (κ1) is 11.3. The number of thioether (sulfide) groups is 1. The van der Waals surface area contributed by atoms with E-state index < -0.39 is 11.7 Å². The molecule has 0 radical (unpaired) electrons. The molecule has 1 saturated carbocycles. The van der Waals surface area contributed by atoms with E-state index >= 15 is 0 Å². The predicted molar refractivity (Wildman–Crippen MR) is 62.4 cm³/mol. The van der Waals surface area contributed by atoms with Gasteiger partial charge in [-0.25, -0.2) is 0 Å². The third kappa shape index (κ3) is 1.90. The average molecular weight is 259 g/mol. The fourth-order valence-electron chi connectivity index (χ4n) is 2.30. The third-order valence-electron chi connectivity index (χ3n) is 3.50. The van der Waals surface area contributed by atoms with Crippen molar-refractivity contribution < 1.29 is 13.2 Å². The Balaban J connectivity index is 1.94. The van der Waals surface area contributed by atoms with Crippen LogP contribution in [-0.2, 0) is 6.18 Å². The van der Waals surface area contributed by atoms with E-state index in [-0.39, 0.29) is 4.75 Å². The number of hydrogen-bond acceptors (Lipinski definition) is 2. The van der Waals surface area contributed by atoms with E-state index in [1.54, 1.807) is 11.8 Å². The molecule has 1 nitrogen and oxygen atoms in total. The van der Waals surface area contributed by atoms with Gasteiger partial charge in [0.2, 0.25) is 0 Å². The Morgan fingerprint density at radius 1 is 1.24 bits per heavy atom. The quantitative estimate of drug-likeness (QED) is 0.751. The van der Waals surface area contributed by atoms with Crippen LogP contribution in [0.5, 0.6) is 0 Å². The van der Waals surface area contributed by atoms with E-state index in [1.807, 2.05) is 0 Å². The molecular weight excluding hydrogens is 247 g/mol. The molecule has 0 unspecified atom stereocenters. The van der Waals surface area contributed by atoms with Crippen molar-refractivity contribution in [2.45, 2.75) is 35.1 Å². The molecule has 1 aliphatic carbocycles. The van der Waals surface area contributed by atoms with Gasteiger partial charge in [-0.1, -0.05) is 6.42 Å². The van der Waals surface area contributed by atoms with Crippen LogP contribution in [0, 0.1) is 0 Å². The number of hydrogen-bond donors (Lipinski definition) is 1. The molecule has 3 rings (SSSR count). The monoisotopic (exact) mass is 259 g/mol. The molecule has 1 aromatic rings. The molecular formula is C12H12F3NS. The summed E-state index contributed by atoms with van der Waals surface area (Å²) in [6.45, 7) is 0.871. The van der Waals surface area contributed by atoms with Gasteiger partial charge in [-0.3, -0.25) is 0 Å². The summed E-state index contributed by atoms with van der Waals surface area (Å²) in [5, 5.41) is 3.25. The van der Waals surface area contributed by atoms with Crippen molar-refractivity contribution in [3.05, 3.63) is 23.8 Å². The summed E-state index contributed by atoms with van der Waals surface area (Å²) in [5.74, 6) is 0. The van der Waals surface area contributed by atoms with Crippen molar-refractivity contribution >= 4 is 17.4 Å². The summed E-state index contributed by atoms with van der Waals surface area (Å²) in [5.41, 5.74) is 0.280. The lowest BCUT2D eigenvalue weighted by Gasteiger charge is -2.45. The van der Waals surface area contributed by atoms with Gasteiger partial charge in [-0.15, -0.1) is 11.8 Å². The highest BCUT2D eigenvalue weighted by molar-refractivity contribution is 8.01. The van der Waals surface area contributed by atoms with Crippen LogP contribution in [0.3, 0.4) is 0 Å². The molecule has 0 saturated heterocycles. The van der Waals surface area contributed by atoms with Crippen molar-refractivity contribution in [1.29, 1.82) is 0 Å². The van der Waals surface area contributed by atoms with Crippen LogP contribution in [0.2, 0.25) is 0 Å². The maximum Gasteiger partial charge on any atom is 0.416 e. The number of alkyl halides is 3. The number of fused-ring (bicyclic) bond motifs is 1. The Bertz CT molecular complexity index is 452. The van der Waals surface area contributed by atoms with Crippen LogP contribution in [0.4, 0.5) is 18.9 Å². The molecule has 0 bridgehead atoms. The summed E-state index contributed by atoms with van der Waals surface area (Å²) < 4.78 is 38.0. The number of benzene rings is 1. The van der Waals surface area contributed by atoms with E-state index in [1.165, 1.54) is 18.6 Å². The van der Waals surface area contributed by atoms with Crippen molar-refractivity contribution in [3.63, 3.8) is 0 Å². The molecule has 1 N–H and O–H groups in total.